The first-order valence-electron chi connectivity index (χ1n) is 7.39. The van der Waals surface area contributed by atoms with Gasteiger partial charge in [0.1, 0.15) is 0 Å². The predicted molar refractivity (Wildman–Crippen MR) is 90.3 cm³/mol. The van der Waals surface area contributed by atoms with E-state index in [1.54, 1.807) is 13.2 Å². The lowest BCUT2D eigenvalue weighted by Gasteiger charge is -2.20. The van der Waals surface area contributed by atoms with Gasteiger partial charge >= 0.3 is 0 Å². The number of aryl methyl sites for hydroxylation is 1. The predicted octanol–water partition coefficient (Wildman–Crippen LogP) is 4.18. The normalized spacial score (nSPS) is 17.5. The fraction of sp³-hybridized carbons (Fsp3) is 0.333. The molecule has 1 aliphatic heterocycles. The van der Waals surface area contributed by atoms with Gasteiger partial charge in [-0.25, -0.2) is 0 Å². The number of ether oxygens (including phenoxy) is 2. The van der Waals surface area contributed by atoms with Crippen molar-refractivity contribution in [3.8, 4) is 17.2 Å². The van der Waals surface area contributed by atoms with E-state index in [2.05, 4.69) is 24.3 Å². The molecule has 2 aromatic rings. The van der Waals surface area contributed by atoms with E-state index in [-0.39, 0.29) is 11.0 Å². The highest BCUT2D eigenvalue weighted by Crippen LogP contribution is 2.46. The Morgan fingerprint density at radius 3 is 2.73 bits per heavy atom. The third-order valence-electron chi connectivity index (χ3n) is 4.00. The third kappa shape index (κ3) is 2.75. The summed E-state index contributed by atoms with van der Waals surface area (Å²) >= 11 is 1.91. The molecule has 1 N–H and O–H groups in total. The first-order valence-corrected chi connectivity index (χ1v) is 8.43. The molecule has 1 heterocycles. The summed E-state index contributed by atoms with van der Waals surface area (Å²) in [6, 6.07) is 12.3. The van der Waals surface area contributed by atoms with Crippen LogP contribution in [0.15, 0.2) is 36.4 Å². The molecule has 1 aliphatic rings. The average molecular weight is 316 g/mol. The molecule has 0 aromatic heterocycles. The van der Waals surface area contributed by atoms with Gasteiger partial charge in [-0.3, -0.25) is 0 Å². The van der Waals surface area contributed by atoms with E-state index in [0.29, 0.717) is 11.5 Å². The second-order valence-corrected chi connectivity index (χ2v) is 6.54. The number of methoxy groups -OCH3 is 2. The van der Waals surface area contributed by atoms with Crippen LogP contribution in [0, 0.1) is 0 Å². The van der Waals surface area contributed by atoms with Crippen LogP contribution in [0.3, 0.4) is 0 Å². The van der Waals surface area contributed by atoms with Gasteiger partial charge in [-0.05, 0) is 47.4 Å². The molecule has 1 atom stereocenters. The van der Waals surface area contributed by atoms with Gasteiger partial charge in [-0.15, -0.1) is 11.8 Å². The molecule has 1 unspecified atom stereocenters. The molecule has 0 aliphatic carbocycles. The van der Waals surface area contributed by atoms with Crippen molar-refractivity contribution < 1.29 is 14.6 Å². The molecule has 0 saturated carbocycles. The van der Waals surface area contributed by atoms with E-state index in [1.165, 1.54) is 24.7 Å². The van der Waals surface area contributed by atoms with Crippen molar-refractivity contribution in [2.24, 2.45) is 0 Å². The van der Waals surface area contributed by atoms with Gasteiger partial charge in [0.05, 0.1) is 19.5 Å². The van der Waals surface area contributed by atoms with Crippen LogP contribution in [-0.2, 0) is 6.42 Å². The van der Waals surface area contributed by atoms with Crippen molar-refractivity contribution in [1.29, 1.82) is 0 Å². The zero-order chi connectivity index (χ0) is 15.5. The summed E-state index contributed by atoms with van der Waals surface area (Å²) in [5, 5.41) is 10.5. The second kappa shape index (κ2) is 6.53. The number of hydrogen-bond acceptors (Lipinski definition) is 4. The minimum absolute atomic E-state index is 0.124. The monoisotopic (exact) mass is 316 g/mol. The molecule has 0 fully saturated rings. The molecule has 0 spiro atoms. The fourth-order valence-electron chi connectivity index (χ4n) is 2.96. The summed E-state index contributed by atoms with van der Waals surface area (Å²) < 4.78 is 10.6. The van der Waals surface area contributed by atoms with Gasteiger partial charge in [-0.2, -0.15) is 0 Å². The van der Waals surface area contributed by atoms with Crippen molar-refractivity contribution >= 4 is 11.8 Å². The first kappa shape index (κ1) is 15.1. The molecule has 2 aromatic carbocycles. The smallest absolute Gasteiger partial charge is 0.203 e. The fourth-order valence-corrected chi connectivity index (χ4v) is 4.25. The Bertz CT molecular complexity index is 669. The molecule has 116 valence electrons. The lowest BCUT2D eigenvalue weighted by Crippen LogP contribution is -2.01. The number of hydrogen-bond donors (Lipinski definition) is 1. The summed E-state index contributed by atoms with van der Waals surface area (Å²) in [7, 11) is 3.13. The molecule has 0 bridgehead atoms. The maximum absolute atomic E-state index is 10.2. The Morgan fingerprint density at radius 2 is 1.95 bits per heavy atom. The zero-order valence-electron chi connectivity index (χ0n) is 12.8. The molecule has 0 amide bonds. The number of thioether (sulfide) groups is 1. The number of rotatable bonds is 3. The Kier molecular flexibility index (Phi) is 4.48. The minimum atomic E-state index is 0.124. The van der Waals surface area contributed by atoms with Gasteiger partial charge in [0, 0.05) is 0 Å². The highest BCUT2D eigenvalue weighted by Gasteiger charge is 2.23. The van der Waals surface area contributed by atoms with E-state index in [1.807, 2.05) is 17.8 Å². The van der Waals surface area contributed by atoms with E-state index in [4.69, 9.17) is 9.47 Å². The molecule has 0 saturated heterocycles. The number of aromatic hydroxyl groups is 1. The van der Waals surface area contributed by atoms with Crippen LogP contribution in [0.4, 0.5) is 0 Å². The maximum Gasteiger partial charge on any atom is 0.203 e. The Balaban J connectivity index is 2.09. The van der Waals surface area contributed by atoms with Crippen LogP contribution in [0.5, 0.6) is 17.2 Å². The highest BCUT2D eigenvalue weighted by molar-refractivity contribution is 7.99. The van der Waals surface area contributed by atoms with Crippen molar-refractivity contribution in [1.82, 2.24) is 0 Å². The highest BCUT2D eigenvalue weighted by atomic mass is 32.2. The molecule has 0 radical (unpaired) electrons. The molecular weight excluding hydrogens is 296 g/mol. The van der Waals surface area contributed by atoms with Crippen LogP contribution in [-0.4, -0.2) is 25.1 Å². The summed E-state index contributed by atoms with van der Waals surface area (Å²) in [6.07, 6.45) is 2.29. The zero-order valence-corrected chi connectivity index (χ0v) is 13.7. The van der Waals surface area contributed by atoms with Crippen LogP contribution in [0.2, 0.25) is 0 Å². The van der Waals surface area contributed by atoms with Crippen LogP contribution >= 0.6 is 11.8 Å². The molecular formula is C18H20O3S. The van der Waals surface area contributed by atoms with Crippen molar-refractivity contribution in [3.63, 3.8) is 0 Å². The molecule has 3 nitrogen and oxygen atoms in total. The lowest BCUT2D eigenvalue weighted by atomic mass is 9.96. The summed E-state index contributed by atoms with van der Waals surface area (Å²) in [6.45, 7) is 0. The van der Waals surface area contributed by atoms with E-state index < -0.39 is 0 Å². The topological polar surface area (TPSA) is 38.7 Å². The van der Waals surface area contributed by atoms with Crippen LogP contribution in [0.1, 0.15) is 28.4 Å². The molecule has 22 heavy (non-hydrogen) atoms. The Morgan fingerprint density at radius 1 is 1.14 bits per heavy atom. The minimum Gasteiger partial charge on any atom is -0.504 e. The van der Waals surface area contributed by atoms with Crippen LogP contribution in [0.25, 0.3) is 0 Å². The number of benzene rings is 2. The number of fused-ring (bicyclic) bond motifs is 1. The standard InChI is InChI=1S/C18H20O3S/c1-20-16-11-13(10-15(19)17(16)21-2)18-14-8-4-3-6-12(14)7-5-9-22-18/h3-4,6,8,10-11,18-19H,5,7,9H2,1-2H3. The van der Waals surface area contributed by atoms with Crippen molar-refractivity contribution in [2.75, 3.05) is 20.0 Å². The third-order valence-corrected chi connectivity index (χ3v) is 5.38. The number of phenolic OH excluding ortho intramolecular Hbond substituents is 1. The van der Waals surface area contributed by atoms with Gasteiger partial charge in [0.15, 0.2) is 11.5 Å². The van der Waals surface area contributed by atoms with Gasteiger partial charge in [-0.1, -0.05) is 24.3 Å². The van der Waals surface area contributed by atoms with E-state index in [9.17, 15) is 5.11 Å². The van der Waals surface area contributed by atoms with Gasteiger partial charge in [0.25, 0.3) is 0 Å². The average Bonchev–Trinajstić information content (AvgIpc) is 2.76. The first-order chi connectivity index (χ1) is 10.7. The maximum atomic E-state index is 10.2. The van der Waals surface area contributed by atoms with Crippen LogP contribution < -0.4 is 9.47 Å². The van der Waals surface area contributed by atoms with E-state index >= 15 is 0 Å². The molecule has 4 heteroatoms. The SMILES string of the molecule is COc1cc(C2SCCCc3ccccc32)cc(O)c1OC. The Labute approximate surface area is 135 Å². The summed E-state index contributed by atoms with van der Waals surface area (Å²) in [4.78, 5) is 0. The lowest BCUT2D eigenvalue weighted by molar-refractivity contribution is 0.332. The summed E-state index contributed by atoms with van der Waals surface area (Å²) in [5.41, 5.74) is 3.78. The quantitative estimate of drug-likeness (QED) is 0.922. The van der Waals surface area contributed by atoms with Crippen molar-refractivity contribution in [3.05, 3.63) is 53.1 Å². The Hall–Kier alpha value is -1.81. The van der Waals surface area contributed by atoms with E-state index in [0.717, 1.165) is 17.7 Å². The molecule has 3 rings (SSSR count). The van der Waals surface area contributed by atoms with Gasteiger partial charge < -0.3 is 14.6 Å². The number of phenols is 1. The summed E-state index contributed by atoms with van der Waals surface area (Å²) in [5.74, 6) is 2.19. The second-order valence-electron chi connectivity index (χ2n) is 5.33. The largest absolute Gasteiger partial charge is 0.504 e. The van der Waals surface area contributed by atoms with Crippen molar-refractivity contribution in [2.45, 2.75) is 18.1 Å². The van der Waals surface area contributed by atoms with Gasteiger partial charge in [0.2, 0.25) is 5.75 Å².